The Morgan fingerprint density at radius 2 is 1.83 bits per heavy atom. The van der Waals surface area contributed by atoms with Crippen LogP contribution in [0.15, 0.2) is 23.2 Å². The van der Waals surface area contributed by atoms with Crippen molar-refractivity contribution in [3.8, 4) is 11.5 Å². The van der Waals surface area contributed by atoms with Crippen LogP contribution in [0.3, 0.4) is 0 Å². The number of carbonyl (C=O) groups is 1. The molecular weight excluding hydrogens is 412 g/mol. The SMILES string of the molecule is COc1ccc(N2C(=NC(=O)C3CCCCC3)S[C@@H]3CS(=O)(=O)C[C@H]32)cc1OC. The second-order valence-electron chi connectivity index (χ2n) is 7.78. The molecule has 0 spiro atoms. The molecule has 1 aromatic rings. The highest BCUT2D eigenvalue weighted by atomic mass is 32.2. The molecule has 3 fully saturated rings. The average Bonchev–Trinajstić information content (AvgIpc) is 3.18. The Bertz CT molecular complexity index is 925. The maximum absolute atomic E-state index is 12.8. The Labute approximate surface area is 175 Å². The summed E-state index contributed by atoms with van der Waals surface area (Å²) in [7, 11) is 0.0226. The lowest BCUT2D eigenvalue weighted by atomic mass is 9.89. The van der Waals surface area contributed by atoms with Crippen LogP contribution in [0.1, 0.15) is 32.1 Å². The molecule has 4 rings (SSSR count). The maximum Gasteiger partial charge on any atom is 0.251 e. The smallest absolute Gasteiger partial charge is 0.251 e. The number of ether oxygens (including phenoxy) is 2. The molecule has 1 amide bonds. The molecule has 2 aliphatic heterocycles. The van der Waals surface area contributed by atoms with E-state index in [-0.39, 0.29) is 34.6 Å². The molecule has 29 heavy (non-hydrogen) atoms. The summed E-state index contributed by atoms with van der Waals surface area (Å²) in [4.78, 5) is 19.2. The van der Waals surface area contributed by atoms with Crippen LogP contribution in [-0.2, 0) is 14.6 Å². The predicted molar refractivity (Wildman–Crippen MR) is 115 cm³/mol. The fraction of sp³-hybridized carbons (Fsp3) is 0.600. The molecule has 0 radical (unpaired) electrons. The van der Waals surface area contributed by atoms with Gasteiger partial charge in [0, 0.05) is 22.9 Å². The molecule has 2 heterocycles. The number of hydrogen-bond acceptors (Lipinski definition) is 6. The van der Waals surface area contributed by atoms with Crippen LogP contribution >= 0.6 is 11.8 Å². The van der Waals surface area contributed by atoms with Crippen molar-refractivity contribution in [1.29, 1.82) is 0 Å². The van der Waals surface area contributed by atoms with Crippen molar-refractivity contribution in [3.63, 3.8) is 0 Å². The van der Waals surface area contributed by atoms with Gasteiger partial charge in [0.25, 0.3) is 5.91 Å². The van der Waals surface area contributed by atoms with Crippen LogP contribution in [0.4, 0.5) is 5.69 Å². The van der Waals surface area contributed by atoms with Gasteiger partial charge in [-0.15, -0.1) is 0 Å². The van der Waals surface area contributed by atoms with E-state index in [0.29, 0.717) is 16.7 Å². The molecule has 2 atom stereocenters. The number of hydrogen-bond donors (Lipinski definition) is 0. The lowest BCUT2D eigenvalue weighted by molar-refractivity contribution is -0.122. The summed E-state index contributed by atoms with van der Waals surface area (Å²) in [6.07, 6.45) is 5.08. The maximum atomic E-state index is 12.8. The molecule has 0 unspecified atom stereocenters. The van der Waals surface area contributed by atoms with Crippen molar-refractivity contribution in [2.24, 2.45) is 10.9 Å². The van der Waals surface area contributed by atoms with Crippen molar-refractivity contribution >= 4 is 38.4 Å². The Hall–Kier alpha value is -1.74. The molecule has 0 aromatic heterocycles. The zero-order chi connectivity index (χ0) is 20.6. The third-order valence-corrected chi connectivity index (χ3v) is 9.08. The van der Waals surface area contributed by atoms with Crippen LogP contribution in [0.2, 0.25) is 0 Å². The van der Waals surface area contributed by atoms with E-state index in [1.807, 2.05) is 17.0 Å². The van der Waals surface area contributed by atoms with Crippen LogP contribution in [-0.4, -0.2) is 56.5 Å². The van der Waals surface area contributed by atoms with Crippen molar-refractivity contribution < 1.29 is 22.7 Å². The van der Waals surface area contributed by atoms with E-state index in [1.165, 1.54) is 18.2 Å². The van der Waals surface area contributed by atoms with Gasteiger partial charge in [-0.05, 0) is 25.0 Å². The number of methoxy groups -OCH3 is 2. The lowest BCUT2D eigenvalue weighted by Crippen LogP contribution is -2.38. The number of anilines is 1. The molecule has 1 aliphatic carbocycles. The number of benzene rings is 1. The van der Waals surface area contributed by atoms with Gasteiger partial charge in [-0.3, -0.25) is 4.79 Å². The summed E-state index contributed by atoms with van der Waals surface area (Å²) in [5.41, 5.74) is 0.759. The van der Waals surface area contributed by atoms with Gasteiger partial charge in [0.1, 0.15) is 0 Å². The third kappa shape index (κ3) is 4.12. The van der Waals surface area contributed by atoms with Gasteiger partial charge < -0.3 is 14.4 Å². The van der Waals surface area contributed by atoms with Crippen LogP contribution in [0.25, 0.3) is 0 Å². The molecule has 0 bridgehead atoms. The Morgan fingerprint density at radius 1 is 1.10 bits per heavy atom. The second kappa shape index (κ2) is 8.18. The first-order valence-electron chi connectivity index (χ1n) is 9.93. The lowest BCUT2D eigenvalue weighted by Gasteiger charge is -2.26. The molecule has 3 aliphatic rings. The Kier molecular flexibility index (Phi) is 5.79. The van der Waals surface area contributed by atoms with E-state index in [9.17, 15) is 13.2 Å². The standard InChI is InChI=1S/C20H26N2O5S2/c1-26-16-9-8-14(10-17(16)27-2)22-15-11-29(24,25)12-18(15)28-20(22)21-19(23)13-6-4-3-5-7-13/h8-10,13,15,18H,3-7,11-12H2,1-2H3/t15-,18-/m1/s1. The summed E-state index contributed by atoms with van der Waals surface area (Å²) in [5.74, 6) is 1.22. The highest BCUT2D eigenvalue weighted by Gasteiger charge is 2.49. The zero-order valence-corrected chi connectivity index (χ0v) is 18.3. The van der Waals surface area contributed by atoms with Gasteiger partial charge >= 0.3 is 0 Å². The van der Waals surface area contributed by atoms with Gasteiger partial charge in [-0.1, -0.05) is 31.0 Å². The second-order valence-corrected chi connectivity index (χ2v) is 11.1. The highest BCUT2D eigenvalue weighted by molar-refractivity contribution is 8.16. The first-order chi connectivity index (χ1) is 13.9. The monoisotopic (exact) mass is 438 g/mol. The first kappa shape index (κ1) is 20.5. The molecule has 2 saturated heterocycles. The minimum atomic E-state index is -3.11. The molecule has 1 aromatic carbocycles. The summed E-state index contributed by atoms with van der Waals surface area (Å²) in [6, 6.07) is 5.22. The molecule has 1 saturated carbocycles. The van der Waals surface area contributed by atoms with Gasteiger partial charge in [-0.25, -0.2) is 8.42 Å². The fourth-order valence-electron chi connectivity index (χ4n) is 4.38. The van der Waals surface area contributed by atoms with E-state index in [4.69, 9.17) is 9.47 Å². The highest BCUT2D eigenvalue weighted by Crippen LogP contribution is 2.43. The van der Waals surface area contributed by atoms with Gasteiger partial charge in [-0.2, -0.15) is 4.99 Å². The molecule has 7 nitrogen and oxygen atoms in total. The summed E-state index contributed by atoms with van der Waals surface area (Å²) < 4.78 is 35.2. The van der Waals surface area contributed by atoms with E-state index in [0.717, 1.165) is 31.4 Å². The quantitative estimate of drug-likeness (QED) is 0.714. The van der Waals surface area contributed by atoms with E-state index < -0.39 is 9.84 Å². The molecule has 9 heteroatoms. The Morgan fingerprint density at radius 3 is 2.52 bits per heavy atom. The number of amides is 1. The number of carbonyl (C=O) groups excluding carboxylic acids is 1. The van der Waals surface area contributed by atoms with Crippen molar-refractivity contribution in [2.45, 2.75) is 43.4 Å². The molecule has 158 valence electrons. The largest absolute Gasteiger partial charge is 0.493 e. The number of amidine groups is 1. The zero-order valence-electron chi connectivity index (χ0n) is 16.7. The van der Waals surface area contributed by atoms with Crippen LogP contribution in [0.5, 0.6) is 11.5 Å². The Balaban J connectivity index is 1.69. The minimum Gasteiger partial charge on any atom is -0.493 e. The van der Waals surface area contributed by atoms with Gasteiger partial charge in [0.15, 0.2) is 26.5 Å². The number of sulfone groups is 1. The van der Waals surface area contributed by atoms with Gasteiger partial charge in [0.05, 0.1) is 31.8 Å². The minimum absolute atomic E-state index is 0.0201. The van der Waals surface area contributed by atoms with Crippen molar-refractivity contribution in [3.05, 3.63) is 18.2 Å². The summed E-state index contributed by atoms with van der Waals surface area (Å²) >= 11 is 1.41. The van der Waals surface area contributed by atoms with Crippen molar-refractivity contribution in [1.82, 2.24) is 0 Å². The first-order valence-corrected chi connectivity index (χ1v) is 12.6. The predicted octanol–water partition coefficient (Wildman–Crippen LogP) is 2.89. The average molecular weight is 439 g/mol. The van der Waals surface area contributed by atoms with E-state index >= 15 is 0 Å². The van der Waals surface area contributed by atoms with E-state index in [2.05, 4.69) is 4.99 Å². The van der Waals surface area contributed by atoms with Crippen LogP contribution in [0, 0.1) is 5.92 Å². The summed E-state index contributed by atoms with van der Waals surface area (Å²) in [5, 5.41) is 0.476. The normalized spacial score (nSPS) is 27.8. The van der Waals surface area contributed by atoms with Crippen molar-refractivity contribution in [2.75, 3.05) is 30.6 Å². The number of aliphatic imine (C=N–C) groups is 1. The number of fused-ring (bicyclic) bond motifs is 1. The molecular formula is C20H26N2O5S2. The van der Waals surface area contributed by atoms with E-state index in [1.54, 1.807) is 20.3 Å². The third-order valence-electron chi connectivity index (χ3n) is 5.87. The number of rotatable bonds is 4. The summed E-state index contributed by atoms with van der Waals surface area (Å²) in [6.45, 7) is 0. The fourth-order valence-corrected chi connectivity index (χ4v) is 8.30. The molecule has 0 N–H and O–H groups in total. The number of nitrogens with zero attached hydrogens (tertiary/aromatic N) is 2. The van der Waals surface area contributed by atoms with Crippen LogP contribution < -0.4 is 14.4 Å². The van der Waals surface area contributed by atoms with Gasteiger partial charge in [0.2, 0.25) is 0 Å². The topological polar surface area (TPSA) is 85.3 Å². The number of thioether (sulfide) groups is 1.